The second kappa shape index (κ2) is 11.7. The highest BCUT2D eigenvalue weighted by molar-refractivity contribution is 5.76. The predicted molar refractivity (Wildman–Crippen MR) is 134 cm³/mol. The molecule has 3 rings (SSSR count). The smallest absolute Gasteiger partial charge is 0.228 e. The van der Waals surface area contributed by atoms with E-state index >= 15 is 0 Å². The third kappa shape index (κ3) is 7.47. The maximum absolute atomic E-state index is 13.1. The van der Waals surface area contributed by atoms with Gasteiger partial charge in [0, 0.05) is 31.5 Å². The zero-order valence-corrected chi connectivity index (χ0v) is 21.5. The van der Waals surface area contributed by atoms with E-state index in [9.17, 15) is 4.79 Å². The minimum absolute atomic E-state index is 0.105. The van der Waals surface area contributed by atoms with Crippen molar-refractivity contribution in [2.24, 2.45) is 5.41 Å². The van der Waals surface area contributed by atoms with Crippen molar-refractivity contribution in [3.63, 3.8) is 0 Å². The van der Waals surface area contributed by atoms with Crippen LogP contribution in [0.15, 0.2) is 47.0 Å². The van der Waals surface area contributed by atoms with Gasteiger partial charge in [0.05, 0.1) is 21.3 Å². The van der Waals surface area contributed by atoms with Gasteiger partial charge in [-0.3, -0.25) is 4.79 Å². The van der Waals surface area contributed by atoms with Crippen LogP contribution in [-0.4, -0.2) is 55.4 Å². The molecule has 0 N–H and O–H groups in total. The van der Waals surface area contributed by atoms with Gasteiger partial charge in [-0.05, 0) is 53.8 Å². The molecule has 0 saturated heterocycles. The van der Waals surface area contributed by atoms with Crippen molar-refractivity contribution in [3.8, 4) is 28.6 Å². The minimum Gasteiger partial charge on any atom is -0.497 e. The first-order valence-corrected chi connectivity index (χ1v) is 11.7. The Kier molecular flexibility index (Phi) is 8.73. The lowest BCUT2D eigenvalue weighted by molar-refractivity contribution is -0.133. The first kappa shape index (κ1) is 26.1. The van der Waals surface area contributed by atoms with Crippen LogP contribution in [0.1, 0.15) is 38.6 Å². The number of carbonyl (C=O) groups excluding carboxylic acids is 1. The van der Waals surface area contributed by atoms with E-state index in [2.05, 4.69) is 30.9 Å². The normalized spacial score (nSPS) is 11.3. The first-order chi connectivity index (χ1) is 16.7. The second-order valence-corrected chi connectivity index (χ2v) is 9.55. The molecule has 1 heterocycles. The van der Waals surface area contributed by atoms with E-state index < -0.39 is 0 Å². The average Bonchev–Trinajstić information content (AvgIpc) is 3.31. The molecular weight excluding hydrogens is 446 g/mol. The van der Waals surface area contributed by atoms with Gasteiger partial charge in [-0.25, -0.2) is 0 Å². The number of ether oxygens (including phenoxy) is 3. The molecule has 188 valence electrons. The second-order valence-electron chi connectivity index (χ2n) is 9.55. The van der Waals surface area contributed by atoms with Crippen LogP contribution in [0.5, 0.6) is 17.2 Å². The summed E-state index contributed by atoms with van der Waals surface area (Å²) in [6, 6.07) is 13.3. The molecule has 0 aliphatic rings. The van der Waals surface area contributed by atoms with Crippen LogP contribution in [-0.2, 0) is 17.6 Å². The van der Waals surface area contributed by atoms with Crippen LogP contribution in [0, 0.1) is 5.41 Å². The summed E-state index contributed by atoms with van der Waals surface area (Å²) in [5, 5.41) is 4.10. The fourth-order valence-electron chi connectivity index (χ4n) is 3.67. The summed E-state index contributed by atoms with van der Waals surface area (Å²) in [6.07, 6.45) is 1.63. The number of benzene rings is 2. The molecule has 3 aromatic rings. The standard InChI is InChI=1S/C27H35N3O5/c1-27(2,3)18-25(31)30(15-13-19-7-12-22(33-5)23(17-19)34-6)16-14-24-28-26(29-35-24)20-8-10-21(32-4)11-9-20/h7-12,17H,13-16,18H2,1-6H3. The third-order valence-corrected chi connectivity index (χ3v) is 5.56. The summed E-state index contributed by atoms with van der Waals surface area (Å²) >= 11 is 0. The Morgan fingerprint density at radius 1 is 0.914 bits per heavy atom. The monoisotopic (exact) mass is 481 g/mol. The number of methoxy groups -OCH3 is 3. The van der Waals surface area contributed by atoms with Gasteiger partial charge < -0.3 is 23.6 Å². The number of aromatic nitrogens is 2. The quantitative estimate of drug-likeness (QED) is 0.388. The van der Waals surface area contributed by atoms with Crippen LogP contribution in [0.25, 0.3) is 11.4 Å². The molecular formula is C27H35N3O5. The van der Waals surface area contributed by atoms with Crippen molar-refractivity contribution in [2.45, 2.75) is 40.0 Å². The first-order valence-electron chi connectivity index (χ1n) is 11.7. The van der Waals surface area contributed by atoms with Crippen molar-refractivity contribution in [1.29, 1.82) is 0 Å². The fraction of sp³-hybridized carbons (Fsp3) is 0.444. The third-order valence-electron chi connectivity index (χ3n) is 5.56. The van der Waals surface area contributed by atoms with Crippen LogP contribution in [0.4, 0.5) is 0 Å². The Morgan fingerprint density at radius 2 is 1.60 bits per heavy atom. The maximum Gasteiger partial charge on any atom is 0.228 e. The number of hydrogen-bond donors (Lipinski definition) is 0. The van der Waals surface area contributed by atoms with Gasteiger partial charge in [0.25, 0.3) is 0 Å². The van der Waals surface area contributed by atoms with E-state index in [1.54, 1.807) is 21.3 Å². The van der Waals surface area contributed by atoms with Crippen molar-refractivity contribution in [3.05, 3.63) is 53.9 Å². The number of amides is 1. The zero-order chi connectivity index (χ0) is 25.4. The van der Waals surface area contributed by atoms with Gasteiger partial charge in [0.2, 0.25) is 17.6 Å². The highest BCUT2D eigenvalue weighted by atomic mass is 16.5. The Labute approximate surface area is 207 Å². The molecule has 0 bridgehead atoms. The van der Waals surface area contributed by atoms with Gasteiger partial charge in [0.15, 0.2) is 11.5 Å². The lowest BCUT2D eigenvalue weighted by Crippen LogP contribution is -2.36. The topological polar surface area (TPSA) is 86.9 Å². The lowest BCUT2D eigenvalue weighted by atomic mass is 9.91. The summed E-state index contributed by atoms with van der Waals surface area (Å²) < 4.78 is 21.4. The Hall–Kier alpha value is -3.55. The van der Waals surface area contributed by atoms with E-state index in [4.69, 9.17) is 18.7 Å². The molecule has 0 aliphatic carbocycles. The SMILES string of the molecule is COc1ccc(-c2noc(CCN(CCc3ccc(OC)c(OC)c3)C(=O)CC(C)(C)C)n2)cc1. The largest absolute Gasteiger partial charge is 0.497 e. The summed E-state index contributed by atoms with van der Waals surface area (Å²) in [6.45, 7) is 7.26. The minimum atomic E-state index is -0.106. The summed E-state index contributed by atoms with van der Waals surface area (Å²) in [4.78, 5) is 19.5. The summed E-state index contributed by atoms with van der Waals surface area (Å²) in [7, 11) is 4.85. The van der Waals surface area contributed by atoms with Gasteiger partial charge in [0.1, 0.15) is 5.75 Å². The van der Waals surface area contributed by atoms with E-state index in [0.29, 0.717) is 55.6 Å². The van der Waals surface area contributed by atoms with Crippen LogP contribution >= 0.6 is 0 Å². The van der Waals surface area contributed by atoms with Gasteiger partial charge >= 0.3 is 0 Å². The van der Waals surface area contributed by atoms with E-state index in [-0.39, 0.29) is 11.3 Å². The number of rotatable bonds is 11. The molecule has 0 radical (unpaired) electrons. The molecule has 0 atom stereocenters. The predicted octanol–water partition coefficient (Wildman–Crippen LogP) is 4.81. The van der Waals surface area contributed by atoms with Crippen molar-refractivity contribution >= 4 is 5.91 Å². The van der Waals surface area contributed by atoms with Crippen molar-refractivity contribution < 1.29 is 23.5 Å². The Morgan fingerprint density at radius 3 is 2.23 bits per heavy atom. The molecule has 0 spiro atoms. The number of carbonyl (C=O) groups is 1. The molecule has 1 amide bonds. The molecule has 8 heteroatoms. The Balaban J connectivity index is 1.68. The highest BCUT2D eigenvalue weighted by Crippen LogP contribution is 2.28. The molecule has 0 aliphatic heterocycles. The van der Waals surface area contributed by atoms with Gasteiger partial charge in [-0.1, -0.05) is 32.0 Å². The van der Waals surface area contributed by atoms with Crippen LogP contribution in [0.3, 0.4) is 0 Å². The summed E-state index contributed by atoms with van der Waals surface area (Å²) in [5.41, 5.74) is 1.80. The summed E-state index contributed by atoms with van der Waals surface area (Å²) in [5.74, 6) is 3.24. The zero-order valence-electron chi connectivity index (χ0n) is 21.5. The van der Waals surface area contributed by atoms with Gasteiger partial charge in [-0.2, -0.15) is 4.98 Å². The molecule has 0 fully saturated rings. The molecule has 0 saturated carbocycles. The van der Waals surface area contributed by atoms with Crippen molar-refractivity contribution in [2.75, 3.05) is 34.4 Å². The Bertz CT molecular complexity index is 1100. The average molecular weight is 482 g/mol. The fourth-order valence-corrected chi connectivity index (χ4v) is 3.67. The number of hydrogen-bond acceptors (Lipinski definition) is 7. The highest BCUT2D eigenvalue weighted by Gasteiger charge is 2.22. The molecule has 2 aromatic carbocycles. The van der Waals surface area contributed by atoms with Crippen LogP contribution < -0.4 is 14.2 Å². The lowest BCUT2D eigenvalue weighted by Gasteiger charge is -2.26. The molecule has 1 aromatic heterocycles. The molecule has 0 unspecified atom stereocenters. The van der Waals surface area contributed by atoms with E-state index in [1.807, 2.05) is 47.4 Å². The maximum atomic E-state index is 13.1. The van der Waals surface area contributed by atoms with E-state index in [0.717, 1.165) is 16.9 Å². The van der Waals surface area contributed by atoms with Crippen molar-refractivity contribution in [1.82, 2.24) is 15.0 Å². The number of nitrogens with zero attached hydrogens (tertiary/aromatic N) is 3. The van der Waals surface area contributed by atoms with E-state index in [1.165, 1.54) is 0 Å². The van der Waals surface area contributed by atoms with Gasteiger partial charge in [-0.15, -0.1) is 0 Å². The van der Waals surface area contributed by atoms with Crippen LogP contribution in [0.2, 0.25) is 0 Å². The molecule has 8 nitrogen and oxygen atoms in total. The molecule has 35 heavy (non-hydrogen) atoms.